The average molecular weight is 466 g/mol. The summed E-state index contributed by atoms with van der Waals surface area (Å²) in [6.07, 6.45) is 1.26. The third-order valence-corrected chi connectivity index (χ3v) is 6.78. The molecule has 0 saturated carbocycles. The molecule has 2 amide bonds. The van der Waals surface area contributed by atoms with Crippen molar-refractivity contribution in [1.29, 1.82) is 0 Å². The van der Waals surface area contributed by atoms with Gasteiger partial charge in [0, 0.05) is 24.5 Å². The summed E-state index contributed by atoms with van der Waals surface area (Å²) in [5.41, 5.74) is 1.11. The van der Waals surface area contributed by atoms with Crippen molar-refractivity contribution >= 4 is 49.1 Å². The zero-order valence-electron chi connectivity index (χ0n) is 15.3. The van der Waals surface area contributed by atoms with Crippen LogP contribution in [0.3, 0.4) is 0 Å². The smallest absolute Gasteiger partial charge is 0.243 e. The van der Waals surface area contributed by atoms with Crippen LogP contribution in [-0.2, 0) is 19.6 Å². The van der Waals surface area contributed by atoms with E-state index in [1.54, 1.807) is 41.3 Å². The number of carbonyl (C=O) groups excluding carboxylic acids is 2. The van der Waals surface area contributed by atoms with Gasteiger partial charge in [-0.15, -0.1) is 0 Å². The molecule has 0 bridgehead atoms. The van der Waals surface area contributed by atoms with Crippen molar-refractivity contribution in [2.24, 2.45) is 0 Å². The number of nitrogens with zero attached hydrogens (tertiary/aromatic N) is 2. The van der Waals surface area contributed by atoms with Crippen LogP contribution >= 0.6 is 15.9 Å². The third kappa shape index (κ3) is 4.43. The summed E-state index contributed by atoms with van der Waals surface area (Å²) < 4.78 is 27.0. The van der Waals surface area contributed by atoms with Gasteiger partial charge in [-0.3, -0.25) is 9.59 Å². The number of halogens is 1. The van der Waals surface area contributed by atoms with Gasteiger partial charge in [0.05, 0.1) is 22.8 Å². The second-order valence-electron chi connectivity index (χ2n) is 6.43. The molecule has 0 aliphatic carbocycles. The molecule has 0 unspecified atom stereocenters. The van der Waals surface area contributed by atoms with Crippen molar-refractivity contribution in [3.8, 4) is 0 Å². The third-order valence-electron chi connectivity index (χ3n) is 4.43. The van der Waals surface area contributed by atoms with Crippen molar-refractivity contribution in [3.05, 3.63) is 53.0 Å². The molecule has 7 nitrogen and oxygen atoms in total. The van der Waals surface area contributed by atoms with E-state index in [1.165, 1.54) is 19.2 Å². The molecule has 1 fully saturated rings. The highest BCUT2D eigenvalue weighted by Crippen LogP contribution is 2.29. The number of anilines is 2. The van der Waals surface area contributed by atoms with Crippen LogP contribution < -0.4 is 10.2 Å². The van der Waals surface area contributed by atoms with Crippen molar-refractivity contribution in [3.63, 3.8) is 0 Å². The summed E-state index contributed by atoms with van der Waals surface area (Å²) in [5, 5.41) is 2.73. The van der Waals surface area contributed by atoms with E-state index in [-0.39, 0.29) is 17.3 Å². The molecule has 2 aromatic carbocycles. The van der Waals surface area contributed by atoms with E-state index < -0.39 is 15.9 Å². The maximum atomic E-state index is 12.6. The van der Waals surface area contributed by atoms with Crippen LogP contribution in [0.4, 0.5) is 11.4 Å². The highest BCUT2D eigenvalue weighted by molar-refractivity contribution is 9.10. The molecule has 1 heterocycles. The first-order valence-corrected chi connectivity index (χ1v) is 10.9. The fourth-order valence-corrected chi connectivity index (χ4v) is 4.37. The van der Waals surface area contributed by atoms with Gasteiger partial charge in [-0.05, 0) is 42.8 Å². The molecule has 3 rings (SSSR count). The molecule has 1 aliphatic heterocycles. The number of hydrogen-bond donors (Lipinski definition) is 1. The van der Waals surface area contributed by atoms with Crippen LogP contribution in [0.2, 0.25) is 0 Å². The Morgan fingerprint density at radius 2 is 1.86 bits per heavy atom. The Morgan fingerprint density at radius 3 is 2.50 bits per heavy atom. The maximum absolute atomic E-state index is 12.6. The highest BCUT2D eigenvalue weighted by Gasteiger charge is 2.26. The molecule has 28 heavy (non-hydrogen) atoms. The minimum Gasteiger partial charge on any atom is -0.323 e. The van der Waals surface area contributed by atoms with Gasteiger partial charge in [0.1, 0.15) is 0 Å². The molecule has 9 heteroatoms. The lowest BCUT2D eigenvalue weighted by molar-refractivity contribution is -0.117. The molecular formula is C19H20BrN3O4S. The summed E-state index contributed by atoms with van der Waals surface area (Å²) >= 11 is 3.26. The Balaban J connectivity index is 1.72. The highest BCUT2D eigenvalue weighted by atomic mass is 79.9. The molecule has 0 spiro atoms. The summed E-state index contributed by atoms with van der Waals surface area (Å²) in [6, 6.07) is 13.2. The number of rotatable bonds is 6. The lowest BCUT2D eigenvalue weighted by Gasteiger charge is -2.21. The van der Waals surface area contributed by atoms with E-state index in [9.17, 15) is 18.0 Å². The maximum Gasteiger partial charge on any atom is 0.243 e. The Hall–Kier alpha value is -2.23. The summed E-state index contributed by atoms with van der Waals surface area (Å²) in [6.45, 7) is 0.254. The minimum absolute atomic E-state index is 0.0108. The van der Waals surface area contributed by atoms with Crippen molar-refractivity contribution in [1.82, 2.24) is 4.31 Å². The summed E-state index contributed by atoms with van der Waals surface area (Å²) in [4.78, 5) is 26.2. The quantitative estimate of drug-likeness (QED) is 0.710. The largest absolute Gasteiger partial charge is 0.323 e. The van der Waals surface area contributed by atoms with Crippen LogP contribution in [0.1, 0.15) is 12.8 Å². The van der Waals surface area contributed by atoms with Gasteiger partial charge in [-0.25, -0.2) is 8.42 Å². The average Bonchev–Trinajstić information content (AvgIpc) is 3.08. The Labute approximate surface area is 172 Å². The van der Waals surface area contributed by atoms with Gasteiger partial charge in [0.15, 0.2) is 0 Å². The SMILES string of the molecule is CN(CC(=O)Nc1ccccc1N1CCCC1=O)S(=O)(=O)c1ccc(Br)cc1. The van der Waals surface area contributed by atoms with E-state index in [0.717, 1.165) is 15.2 Å². The Bertz CT molecular complexity index is 992. The Morgan fingerprint density at radius 1 is 1.18 bits per heavy atom. The normalized spacial score (nSPS) is 14.5. The molecule has 2 aromatic rings. The van der Waals surface area contributed by atoms with Gasteiger partial charge in [0.25, 0.3) is 0 Å². The lowest BCUT2D eigenvalue weighted by Crippen LogP contribution is -2.35. The van der Waals surface area contributed by atoms with Crippen molar-refractivity contribution in [2.75, 3.05) is 30.4 Å². The molecule has 1 saturated heterocycles. The first-order valence-electron chi connectivity index (χ1n) is 8.70. The summed E-state index contributed by atoms with van der Waals surface area (Å²) in [5.74, 6) is -0.473. The zero-order chi connectivity index (χ0) is 20.3. The van der Waals surface area contributed by atoms with Crippen LogP contribution in [0.25, 0.3) is 0 Å². The predicted molar refractivity (Wildman–Crippen MR) is 111 cm³/mol. The van der Waals surface area contributed by atoms with E-state index in [1.807, 2.05) is 0 Å². The second-order valence-corrected chi connectivity index (χ2v) is 9.39. The zero-order valence-corrected chi connectivity index (χ0v) is 17.7. The van der Waals surface area contributed by atoms with Gasteiger partial charge >= 0.3 is 0 Å². The number of benzene rings is 2. The topological polar surface area (TPSA) is 86.8 Å². The van der Waals surface area contributed by atoms with E-state index >= 15 is 0 Å². The minimum atomic E-state index is -3.79. The molecule has 0 radical (unpaired) electrons. The fourth-order valence-electron chi connectivity index (χ4n) is 2.98. The molecule has 1 aliphatic rings. The van der Waals surface area contributed by atoms with Crippen LogP contribution in [-0.4, -0.2) is 44.7 Å². The number of carbonyl (C=O) groups is 2. The predicted octanol–water partition coefficient (Wildman–Crippen LogP) is 2.84. The first kappa shape index (κ1) is 20.5. The first-order chi connectivity index (χ1) is 13.3. The van der Waals surface area contributed by atoms with Crippen molar-refractivity contribution < 1.29 is 18.0 Å². The second kappa shape index (κ2) is 8.42. The van der Waals surface area contributed by atoms with Gasteiger partial charge in [-0.1, -0.05) is 28.1 Å². The lowest BCUT2D eigenvalue weighted by atomic mass is 10.2. The number of sulfonamides is 1. The summed E-state index contributed by atoms with van der Waals surface area (Å²) in [7, 11) is -2.44. The van der Waals surface area contributed by atoms with Crippen molar-refractivity contribution in [2.45, 2.75) is 17.7 Å². The number of hydrogen-bond acceptors (Lipinski definition) is 4. The molecule has 0 atom stereocenters. The number of nitrogens with one attached hydrogen (secondary N) is 1. The van der Waals surface area contributed by atoms with Gasteiger partial charge in [-0.2, -0.15) is 4.31 Å². The number of likely N-dealkylation sites (N-methyl/N-ethyl adjacent to an activating group) is 1. The van der Waals surface area contributed by atoms with Gasteiger partial charge < -0.3 is 10.2 Å². The number of amides is 2. The molecule has 148 valence electrons. The molecule has 1 N–H and O–H groups in total. The van der Waals surface area contributed by atoms with E-state index in [0.29, 0.717) is 24.3 Å². The fraction of sp³-hybridized carbons (Fsp3) is 0.263. The standard InChI is InChI=1S/C19H20BrN3O4S/c1-22(28(26,27)15-10-8-14(20)9-11-15)13-18(24)21-16-5-2-3-6-17(16)23-12-4-7-19(23)25/h2-3,5-6,8-11H,4,7,12-13H2,1H3,(H,21,24). The number of para-hydroxylation sites is 2. The van der Waals surface area contributed by atoms with Crippen LogP contribution in [0.15, 0.2) is 57.9 Å². The van der Waals surface area contributed by atoms with E-state index in [4.69, 9.17) is 0 Å². The monoisotopic (exact) mass is 465 g/mol. The van der Waals surface area contributed by atoms with Gasteiger partial charge in [0.2, 0.25) is 21.8 Å². The van der Waals surface area contributed by atoms with Crippen LogP contribution in [0.5, 0.6) is 0 Å². The van der Waals surface area contributed by atoms with E-state index in [2.05, 4.69) is 21.2 Å². The van der Waals surface area contributed by atoms with Crippen LogP contribution in [0, 0.1) is 0 Å². The Kier molecular flexibility index (Phi) is 6.17. The molecular weight excluding hydrogens is 446 g/mol. The molecule has 0 aromatic heterocycles.